The van der Waals surface area contributed by atoms with Gasteiger partial charge in [-0.2, -0.15) is 4.31 Å². The van der Waals surface area contributed by atoms with Gasteiger partial charge in [0.25, 0.3) is 0 Å². The Balaban J connectivity index is 1.53. The first kappa shape index (κ1) is 26.9. The monoisotopic (exact) mass is 522 g/mol. The lowest BCUT2D eigenvalue weighted by atomic mass is 9.93. The molecule has 3 aromatic carbocycles. The van der Waals surface area contributed by atoms with E-state index in [1.54, 1.807) is 25.3 Å². The van der Waals surface area contributed by atoms with E-state index in [1.807, 2.05) is 37.3 Å². The van der Waals surface area contributed by atoms with Crippen LogP contribution in [0.2, 0.25) is 0 Å². The Morgan fingerprint density at radius 2 is 1.76 bits per heavy atom. The molecule has 0 aliphatic carbocycles. The van der Waals surface area contributed by atoms with Crippen LogP contribution in [-0.2, 0) is 26.0 Å². The quantitative estimate of drug-likeness (QED) is 0.456. The topological polar surface area (TPSA) is 84.9 Å². The summed E-state index contributed by atoms with van der Waals surface area (Å²) in [7, 11) is -2.11. The predicted molar refractivity (Wildman–Crippen MR) is 143 cm³/mol. The minimum atomic E-state index is -3.65. The first-order valence-corrected chi connectivity index (χ1v) is 13.9. The molecule has 3 aromatic rings. The standard InChI is InChI=1S/C29H34N2O5S/c1-21-9-12-26(22(2)19-21)29(23-7-5-4-6-8-23)30-28(32)14-10-24-20-25(11-13-27(24)35-3)37(33,34)31-15-17-36-18-16-31/h4-9,11-13,19-20,29H,10,14-18H2,1-3H3,(H,30,32)/t29-/m1/s1. The summed E-state index contributed by atoms with van der Waals surface area (Å²) >= 11 is 0. The van der Waals surface area contributed by atoms with Gasteiger partial charge in [0.05, 0.1) is 31.3 Å². The highest BCUT2D eigenvalue weighted by atomic mass is 32.2. The second kappa shape index (κ2) is 11.9. The lowest BCUT2D eigenvalue weighted by Gasteiger charge is -2.26. The molecular weight excluding hydrogens is 488 g/mol. The molecule has 1 aliphatic heterocycles. The molecule has 8 heteroatoms. The maximum Gasteiger partial charge on any atom is 0.243 e. The van der Waals surface area contributed by atoms with Crippen molar-refractivity contribution in [2.24, 2.45) is 0 Å². The van der Waals surface area contributed by atoms with Gasteiger partial charge in [0, 0.05) is 19.5 Å². The molecule has 0 spiro atoms. The van der Waals surface area contributed by atoms with E-state index in [0.29, 0.717) is 44.0 Å². The molecule has 1 atom stereocenters. The first-order chi connectivity index (χ1) is 17.8. The van der Waals surface area contributed by atoms with Crippen molar-refractivity contribution in [2.75, 3.05) is 33.4 Å². The number of amides is 1. The fraction of sp³-hybridized carbons (Fsp3) is 0.345. The second-order valence-corrected chi connectivity index (χ2v) is 11.2. The third kappa shape index (κ3) is 6.39. The van der Waals surface area contributed by atoms with Gasteiger partial charge in [0.15, 0.2) is 0 Å². The van der Waals surface area contributed by atoms with E-state index >= 15 is 0 Å². The van der Waals surface area contributed by atoms with Crippen molar-refractivity contribution >= 4 is 15.9 Å². The van der Waals surface area contributed by atoms with Gasteiger partial charge in [-0.3, -0.25) is 4.79 Å². The summed E-state index contributed by atoms with van der Waals surface area (Å²) in [4.78, 5) is 13.4. The molecule has 196 valence electrons. The van der Waals surface area contributed by atoms with Crippen LogP contribution < -0.4 is 10.1 Å². The van der Waals surface area contributed by atoms with Crippen LogP contribution >= 0.6 is 0 Å². The number of hydrogen-bond acceptors (Lipinski definition) is 5. The fourth-order valence-corrected chi connectivity index (χ4v) is 6.12. The molecule has 0 radical (unpaired) electrons. The average molecular weight is 523 g/mol. The van der Waals surface area contributed by atoms with Crippen LogP contribution in [0, 0.1) is 13.8 Å². The molecule has 7 nitrogen and oxygen atoms in total. The highest BCUT2D eigenvalue weighted by molar-refractivity contribution is 7.89. The molecule has 0 bridgehead atoms. The van der Waals surface area contributed by atoms with Crippen LogP contribution in [0.1, 0.15) is 40.3 Å². The zero-order chi connectivity index (χ0) is 26.4. The third-order valence-electron chi connectivity index (χ3n) is 6.66. The van der Waals surface area contributed by atoms with Gasteiger partial charge in [-0.05, 0) is 60.7 Å². The summed E-state index contributed by atoms with van der Waals surface area (Å²) < 4.78 is 38.5. The number of nitrogens with zero attached hydrogens (tertiary/aromatic N) is 1. The van der Waals surface area contributed by atoms with Crippen molar-refractivity contribution in [3.63, 3.8) is 0 Å². The van der Waals surface area contributed by atoms with Crippen LogP contribution in [0.5, 0.6) is 5.75 Å². The molecule has 0 saturated carbocycles. The highest BCUT2D eigenvalue weighted by Crippen LogP contribution is 2.28. The van der Waals surface area contributed by atoms with Gasteiger partial charge in [-0.25, -0.2) is 8.42 Å². The summed E-state index contributed by atoms with van der Waals surface area (Å²) in [6, 6.07) is 20.7. The van der Waals surface area contributed by atoms with Gasteiger partial charge in [-0.1, -0.05) is 54.1 Å². The third-order valence-corrected chi connectivity index (χ3v) is 8.55. The highest BCUT2D eigenvalue weighted by Gasteiger charge is 2.27. The zero-order valence-electron chi connectivity index (χ0n) is 21.6. The number of benzene rings is 3. The van der Waals surface area contributed by atoms with E-state index in [0.717, 1.165) is 16.7 Å². The molecule has 1 N–H and O–H groups in total. The Bertz CT molecular complexity index is 1340. The Hall–Kier alpha value is -3.20. The number of aryl methyl sites for hydroxylation is 3. The molecule has 0 aromatic heterocycles. The number of ether oxygens (including phenoxy) is 2. The number of nitrogens with one attached hydrogen (secondary N) is 1. The van der Waals surface area contributed by atoms with E-state index < -0.39 is 10.0 Å². The van der Waals surface area contributed by atoms with Crippen LogP contribution in [0.25, 0.3) is 0 Å². The molecule has 1 heterocycles. The lowest BCUT2D eigenvalue weighted by molar-refractivity contribution is -0.121. The van der Waals surface area contributed by atoms with Gasteiger partial charge in [-0.15, -0.1) is 0 Å². The van der Waals surface area contributed by atoms with Crippen molar-refractivity contribution in [3.8, 4) is 5.75 Å². The molecular formula is C29H34N2O5S. The Labute approximate surface area is 219 Å². The Kier molecular flexibility index (Phi) is 8.63. The Morgan fingerprint density at radius 1 is 1.03 bits per heavy atom. The van der Waals surface area contributed by atoms with Gasteiger partial charge in [0.1, 0.15) is 5.75 Å². The SMILES string of the molecule is COc1ccc(S(=O)(=O)N2CCOCC2)cc1CCC(=O)N[C@H](c1ccccc1)c1ccc(C)cc1C. The molecule has 1 fully saturated rings. The Morgan fingerprint density at radius 3 is 2.43 bits per heavy atom. The van der Waals surface area contributed by atoms with Crippen molar-refractivity contribution in [1.82, 2.24) is 9.62 Å². The van der Waals surface area contributed by atoms with Gasteiger partial charge in [0.2, 0.25) is 15.9 Å². The number of carbonyl (C=O) groups is 1. The zero-order valence-corrected chi connectivity index (χ0v) is 22.4. The largest absolute Gasteiger partial charge is 0.496 e. The van der Waals surface area contributed by atoms with Crippen LogP contribution in [0.3, 0.4) is 0 Å². The van der Waals surface area contributed by atoms with Gasteiger partial charge >= 0.3 is 0 Å². The average Bonchev–Trinajstić information content (AvgIpc) is 2.91. The summed E-state index contributed by atoms with van der Waals surface area (Å²) in [5.41, 5.74) is 4.99. The van der Waals surface area contributed by atoms with E-state index in [4.69, 9.17) is 9.47 Å². The van der Waals surface area contributed by atoms with E-state index in [9.17, 15) is 13.2 Å². The molecule has 1 amide bonds. The van der Waals surface area contributed by atoms with Crippen LogP contribution in [0.15, 0.2) is 71.6 Å². The van der Waals surface area contributed by atoms with E-state index in [-0.39, 0.29) is 23.3 Å². The summed E-state index contributed by atoms with van der Waals surface area (Å²) in [5.74, 6) is 0.431. The van der Waals surface area contributed by atoms with Crippen molar-refractivity contribution in [2.45, 2.75) is 37.6 Å². The molecule has 37 heavy (non-hydrogen) atoms. The fourth-order valence-electron chi connectivity index (χ4n) is 4.66. The number of morpholine rings is 1. The molecule has 1 aliphatic rings. The van der Waals surface area contributed by atoms with Crippen molar-refractivity contribution in [1.29, 1.82) is 0 Å². The summed E-state index contributed by atoms with van der Waals surface area (Å²) in [6.45, 7) is 5.51. The van der Waals surface area contributed by atoms with Crippen LogP contribution in [-0.4, -0.2) is 52.0 Å². The number of methoxy groups -OCH3 is 1. The maximum atomic E-state index is 13.2. The summed E-state index contributed by atoms with van der Waals surface area (Å²) in [5, 5.41) is 3.19. The van der Waals surface area contributed by atoms with Crippen LogP contribution in [0.4, 0.5) is 0 Å². The summed E-state index contributed by atoms with van der Waals surface area (Å²) in [6.07, 6.45) is 0.529. The lowest BCUT2D eigenvalue weighted by Crippen LogP contribution is -2.40. The molecule has 4 rings (SSSR count). The first-order valence-electron chi connectivity index (χ1n) is 12.5. The van der Waals surface area contributed by atoms with E-state index in [1.165, 1.54) is 9.87 Å². The van der Waals surface area contributed by atoms with Gasteiger partial charge < -0.3 is 14.8 Å². The van der Waals surface area contributed by atoms with Crippen molar-refractivity contribution in [3.05, 3.63) is 94.5 Å². The minimum absolute atomic E-state index is 0.127. The van der Waals surface area contributed by atoms with Crippen molar-refractivity contribution < 1.29 is 22.7 Å². The smallest absolute Gasteiger partial charge is 0.243 e. The van der Waals surface area contributed by atoms with E-state index in [2.05, 4.69) is 30.4 Å². The molecule has 0 unspecified atom stereocenters. The number of carbonyl (C=O) groups excluding carboxylic acids is 1. The normalized spacial score (nSPS) is 15.2. The predicted octanol–water partition coefficient (Wildman–Crippen LogP) is 4.17. The maximum absolute atomic E-state index is 13.2. The number of hydrogen-bond donors (Lipinski definition) is 1. The minimum Gasteiger partial charge on any atom is -0.496 e. The number of rotatable bonds is 9. The second-order valence-electron chi connectivity index (χ2n) is 9.26. The molecule has 1 saturated heterocycles. The number of sulfonamides is 1.